The maximum absolute atomic E-state index is 12.3. The lowest BCUT2D eigenvalue weighted by atomic mass is 9.99. The van der Waals surface area contributed by atoms with Crippen molar-refractivity contribution in [3.05, 3.63) is 88.4 Å². The van der Waals surface area contributed by atoms with Gasteiger partial charge in [0.25, 0.3) is 0 Å². The Bertz CT molecular complexity index is 1660. The standard InChI is InChI=1S/C33H35Cl2N5O4/c1-5-29(41)38-25-18-22(40-15-13-39(6-2)14-16-40)9-11-24(25)37-28-12-8-20-17-21(7-10-23(20)36-28)33(42)30-31(34)26(43-3)19-27(44-4)32(30)35/h5,7-12,17-19,33,42H,1,6,13-16H2,2-4H3,(H,36,37)(H,38,41). The fraction of sp³-hybridized carbons (Fsp3) is 0.273. The fourth-order valence-corrected chi connectivity index (χ4v) is 5.99. The molecule has 0 aliphatic carbocycles. The summed E-state index contributed by atoms with van der Waals surface area (Å²) in [5.74, 6) is 0.979. The number of carbonyl (C=O) groups is 1. The number of rotatable bonds is 10. The Kier molecular flexibility index (Phi) is 9.80. The molecule has 1 aliphatic heterocycles. The highest BCUT2D eigenvalue weighted by molar-refractivity contribution is 6.38. The number of pyridine rings is 1. The van der Waals surface area contributed by atoms with E-state index < -0.39 is 6.10 Å². The number of hydrogen-bond acceptors (Lipinski definition) is 8. The summed E-state index contributed by atoms with van der Waals surface area (Å²) in [5.41, 5.74) is 3.94. The number of carbonyl (C=O) groups excluding carboxylic acids is 1. The van der Waals surface area contributed by atoms with Crippen molar-refractivity contribution in [3.8, 4) is 11.5 Å². The first-order chi connectivity index (χ1) is 21.3. The molecule has 230 valence electrons. The normalized spacial score (nSPS) is 14.3. The van der Waals surface area contributed by atoms with E-state index in [9.17, 15) is 9.90 Å². The zero-order valence-electron chi connectivity index (χ0n) is 24.9. The molecule has 9 nitrogen and oxygen atoms in total. The van der Waals surface area contributed by atoms with Gasteiger partial charge in [-0.3, -0.25) is 4.79 Å². The van der Waals surface area contributed by atoms with Crippen LogP contribution in [0.3, 0.4) is 0 Å². The number of benzene rings is 3. The van der Waals surface area contributed by atoms with E-state index in [0.717, 1.165) is 43.8 Å². The van der Waals surface area contributed by atoms with Crippen molar-refractivity contribution in [2.45, 2.75) is 13.0 Å². The molecule has 44 heavy (non-hydrogen) atoms. The fourth-order valence-electron chi connectivity index (χ4n) is 5.28. The molecule has 1 aromatic heterocycles. The van der Waals surface area contributed by atoms with Crippen molar-refractivity contribution in [2.24, 2.45) is 0 Å². The molecule has 0 bridgehead atoms. The number of fused-ring (bicyclic) bond motifs is 1. The van der Waals surface area contributed by atoms with E-state index in [4.69, 9.17) is 37.7 Å². The van der Waals surface area contributed by atoms with Gasteiger partial charge in [-0.2, -0.15) is 0 Å². The number of nitrogens with one attached hydrogen (secondary N) is 2. The molecule has 3 N–H and O–H groups in total. The molecule has 4 aromatic rings. The number of amides is 1. The minimum atomic E-state index is -1.14. The highest BCUT2D eigenvalue weighted by atomic mass is 35.5. The number of halogens is 2. The highest BCUT2D eigenvalue weighted by Gasteiger charge is 2.25. The number of aromatic nitrogens is 1. The van der Waals surface area contributed by atoms with Crippen molar-refractivity contribution in [3.63, 3.8) is 0 Å². The number of likely N-dealkylation sites (N-methyl/N-ethyl adjacent to an activating group) is 1. The van der Waals surface area contributed by atoms with Gasteiger partial charge in [0.1, 0.15) is 23.4 Å². The largest absolute Gasteiger partial charge is 0.495 e. The zero-order chi connectivity index (χ0) is 31.4. The summed E-state index contributed by atoms with van der Waals surface area (Å²) >= 11 is 13.1. The maximum Gasteiger partial charge on any atom is 0.247 e. The van der Waals surface area contributed by atoms with Crippen molar-refractivity contribution in [2.75, 3.05) is 62.5 Å². The van der Waals surface area contributed by atoms with Crippen LogP contribution in [-0.4, -0.2) is 67.8 Å². The molecule has 5 rings (SSSR count). The number of methoxy groups -OCH3 is 2. The van der Waals surface area contributed by atoms with Gasteiger partial charge in [-0.25, -0.2) is 4.98 Å². The van der Waals surface area contributed by atoms with Crippen molar-refractivity contribution in [1.82, 2.24) is 9.88 Å². The predicted octanol–water partition coefficient (Wildman–Crippen LogP) is 6.65. The smallest absolute Gasteiger partial charge is 0.247 e. The molecule has 1 aliphatic rings. The third kappa shape index (κ3) is 6.56. The van der Waals surface area contributed by atoms with Crippen LogP contribution in [0.1, 0.15) is 24.2 Å². The van der Waals surface area contributed by atoms with E-state index >= 15 is 0 Å². The lowest BCUT2D eigenvalue weighted by Gasteiger charge is -2.35. The van der Waals surface area contributed by atoms with Gasteiger partial charge in [-0.05, 0) is 60.6 Å². The highest BCUT2D eigenvalue weighted by Crippen LogP contribution is 2.45. The maximum atomic E-state index is 12.3. The van der Waals surface area contributed by atoms with Gasteiger partial charge in [0.2, 0.25) is 5.91 Å². The molecule has 2 heterocycles. The Morgan fingerprint density at radius 1 is 1.00 bits per heavy atom. The second-order valence-corrected chi connectivity index (χ2v) is 11.1. The molecule has 1 atom stereocenters. The topological polar surface area (TPSA) is 99.2 Å². The van der Waals surface area contributed by atoms with Crippen molar-refractivity contribution < 1.29 is 19.4 Å². The average Bonchev–Trinajstić information content (AvgIpc) is 3.05. The van der Waals surface area contributed by atoms with Crippen molar-refractivity contribution in [1.29, 1.82) is 0 Å². The second kappa shape index (κ2) is 13.7. The molecule has 1 saturated heterocycles. The zero-order valence-corrected chi connectivity index (χ0v) is 26.4. The molecule has 1 unspecified atom stereocenters. The van der Waals surface area contributed by atoms with E-state index in [-0.39, 0.29) is 16.0 Å². The Morgan fingerprint density at radius 3 is 2.34 bits per heavy atom. The summed E-state index contributed by atoms with van der Waals surface area (Å²) in [6, 6.07) is 16.7. The summed E-state index contributed by atoms with van der Waals surface area (Å²) in [7, 11) is 2.97. The number of piperazine rings is 1. The quantitative estimate of drug-likeness (QED) is 0.167. The van der Waals surface area contributed by atoms with Crippen LogP contribution in [0, 0.1) is 0 Å². The van der Waals surface area contributed by atoms with Gasteiger partial charge < -0.3 is 35.0 Å². The first-order valence-electron chi connectivity index (χ1n) is 14.3. The average molecular weight is 637 g/mol. The summed E-state index contributed by atoms with van der Waals surface area (Å²) in [5, 5.41) is 18.8. The SMILES string of the molecule is C=CC(=O)Nc1cc(N2CCN(CC)CC2)ccc1Nc1ccc2cc(C(O)c3c(Cl)c(OC)cc(OC)c3Cl)ccc2n1. The first kappa shape index (κ1) is 31.4. The summed E-state index contributed by atoms with van der Waals surface area (Å²) in [4.78, 5) is 21.8. The van der Waals surface area contributed by atoms with Gasteiger partial charge in [0.05, 0.1) is 41.2 Å². The van der Waals surface area contributed by atoms with Crippen LogP contribution < -0.4 is 25.0 Å². The van der Waals surface area contributed by atoms with Crippen LogP contribution in [0.4, 0.5) is 22.9 Å². The van der Waals surface area contributed by atoms with Gasteiger partial charge in [0, 0.05) is 48.9 Å². The van der Waals surface area contributed by atoms with E-state index in [1.807, 2.05) is 42.5 Å². The molecule has 11 heteroatoms. The Hall–Kier alpha value is -4.02. The minimum Gasteiger partial charge on any atom is -0.495 e. The number of ether oxygens (including phenoxy) is 2. The van der Waals surface area contributed by atoms with E-state index in [2.05, 4.69) is 33.9 Å². The van der Waals surface area contributed by atoms with Gasteiger partial charge in [0.15, 0.2) is 0 Å². The Morgan fingerprint density at radius 2 is 1.70 bits per heavy atom. The summed E-state index contributed by atoms with van der Waals surface area (Å²) in [6.07, 6.45) is 0.110. The third-order valence-electron chi connectivity index (χ3n) is 7.80. The molecular weight excluding hydrogens is 601 g/mol. The van der Waals surface area contributed by atoms with Gasteiger partial charge in [-0.15, -0.1) is 0 Å². The predicted molar refractivity (Wildman–Crippen MR) is 178 cm³/mol. The molecule has 1 amide bonds. The molecule has 0 spiro atoms. The molecule has 3 aromatic carbocycles. The van der Waals surface area contributed by atoms with Crippen molar-refractivity contribution >= 4 is 62.9 Å². The number of anilines is 4. The molecule has 0 saturated carbocycles. The van der Waals surface area contributed by atoms with E-state index in [1.165, 1.54) is 20.3 Å². The first-order valence-corrected chi connectivity index (χ1v) is 15.0. The van der Waals surface area contributed by atoms with E-state index in [0.29, 0.717) is 45.3 Å². The van der Waals surface area contributed by atoms with Crippen LogP contribution in [0.2, 0.25) is 10.0 Å². The third-order valence-corrected chi connectivity index (χ3v) is 8.58. The van der Waals surface area contributed by atoms with Crippen LogP contribution >= 0.6 is 23.2 Å². The number of nitrogens with zero attached hydrogens (tertiary/aromatic N) is 3. The monoisotopic (exact) mass is 635 g/mol. The van der Waals surface area contributed by atoms with Crippen LogP contribution in [0.15, 0.2) is 67.3 Å². The second-order valence-electron chi connectivity index (χ2n) is 10.3. The number of hydrogen-bond donors (Lipinski definition) is 3. The minimum absolute atomic E-state index is 0.206. The van der Waals surface area contributed by atoms with E-state index in [1.54, 1.807) is 12.1 Å². The van der Waals surface area contributed by atoms with Gasteiger partial charge >= 0.3 is 0 Å². The number of aliphatic hydroxyl groups excluding tert-OH is 1. The van der Waals surface area contributed by atoms with Crippen LogP contribution in [-0.2, 0) is 4.79 Å². The number of aliphatic hydroxyl groups is 1. The van der Waals surface area contributed by atoms with Gasteiger partial charge in [-0.1, -0.05) is 42.8 Å². The molecule has 1 fully saturated rings. The lowest BCUT2D eigenvalue weighted by molar-refractivity contribution is -0.111. The van der Waals surface area contributed by atoms with Crippen LogP contribution in [0.25, 0.3) is 10.9 Å². The summed E-state index contributed by atoms with van der Waals surface area (Å²) < 4.78 is 10.7. The molecule has 0 radical (unpaired) electrons. The molecular formula is C33H35Cl2N5O4. The lowest BCUT2D eigenvalue weighted by Crippen LogP contribution is -2.46. The van der Waals surface area contributed by atoms with Crippen LogP contribution in [0.5, 0.6) is 11.5 Å². The Balaban J connectivity index is 1.41. The summed E-state index contributed by atoms with van der Waals surface area (Å²) in [6.45, 7) is 10.6. The Labute approximate surface area is 267 Å².